The summed E-state index contributed by atoms with van der Waals surface area (Å²) < 4.78 is 13.2. The number of halogens is 3. The molecule has 0 aliphatic heterocycles. The van der Waals surface area contributed by atoms with Crippen molar-refractivity contribution in [2.45, 2.75) is 19.9 Å². The maximum absolute atomic E-state index is 13.2. The second-order valence-electron chi connectivity index (χ2n) is 4.91. The van der Waals surface area contributed by atoms with Crippen LogP contribution in [0, 0.1) is 5.82 Å². The van der Waals surface area contributed by atoms with Crippen molar-refractivity contribution in [3.05, 3.63) is 69.5 Å². The Bertz CT molecular complexity index is 655. The lowest BCUT2D eigenvalue weighted by molar-refractivity contribution is -0.130. The molecule has 0 saturated heterocycles. The highest BCUT2D eigenvalue weighted by Gasteiger charge is 2.16. The Hall–Kier alpha value is -1.58. The van der Waals surface area contributed by atoms with Crippen LogP contribution in [0.2, 0.25) is 10.0 Å². The van der Waals surface area contributed by atoms with E-state index in [4.69, 9.17) is 23.2 Å². The van der Waals surface area contributed by atoms with E-state index in [0.717, 1.165) is 5.56 Å². The average Bonchev–Trinajstić information content (AvgIpc) is 2.48. The smallest absolute Gasteiger partial charge is 0.227 e. The SMILES string of the molecule is CCN(Cc1cccc(F)c1)C(=O)Cc1c(Cl)cccc1Cl. The number of carbonyl (C=O) groups is 1. The summed E-state index contributed by atoms with van der Waals surface area (Å²) in [6.07, 6.45) is 0.127. The van der Waals surface area contributed by atoms with Crippen molar-refractivity contribution in [3.63, 3.8) is 0 Å². The van der Waals surface area contributed by atoms with Gasteiger partial charge in [-0.15, -0.1) is 0 Å². The summed E-state index contributed by atoms with van der Waals surface area (Å²) in [4.78, 5) is 14.1. The zero-order valence-corrected chi connectivity index (χ0v) is 13.7. The first-order valence-corrected chi connectivity index (χ1v) is 7.72. The molecule has 2 aromatic carbocycles. The van der Waals surface area contributed by atoms with E-state index in [1.165, 1.54) is 12.1 Å². The molecule has 0 bridgehead atoms. The quantitative estimate of drug-likeness (QED) is 0.771. The van der Waals surface area contributed by atoms with E-state index in [-0.39, 0.29) is 18.1 Å². The summed E-state index contributed by atoms with van der Waals surface area (Å²) in [6, 6.07) is 11.4. The fourth-order valence-corrected chi connectivity index (χ4v) is 2.73. The summed E-state index contributed by atoms with van der Waals surface area (Å²) in [5, 5.41) is 0.949. The molecular formula is C17H16Cl2FNO. The Kier molecular flexibility index (Phi) is 5.81. The molecule has 0 atom stereocenters. The number of benzene rings is 2. The van der Waals surface area contributed by atoms with Gasteiger partial charge in [0.25, 0.3) is 0 Å². The van der Waals surface area contributed by atoms with Gasteiger partial charge >= 0.3 is 0 Å². The third kappa shape index (κ3) is 4.21. The molecule has 0 unspecified atom stereocenters. The zero-order valence-electron chi connectivity index (χ0n) is 12.2. The molecule has 1 amide bonds. The molecular weight excluding hydrogens is 324 g/mol. The zero-order chi connectivity index (χ0) is 16.1. The highest BCUT2D eigenvalue weighted by molar-refractivity contribution is 6.36. The summed E-state index contributed by atoms with van der Waals surface area (Å²) >= 11 is 12.2. The van der Waals surface area contributed by atoms with Crippen LogP contribution < -0.4 is 0 Å². The molecule has 0 heterocycles. The lowest BCUT2D eigenvalue weighted by Gasteiger charge is -2.21. The molecule has 0 saturated carbocycles. The van der Waals surface area contributed by atoms with E-state index in [2.05, 4.69) is 0 Å². The Morgan fingerprint density at radius 2 is 1.77 bits per heavy atom. The Labute approximate surface area is 139 Å². The minimum Gasteiger partial charge on any atom is -0.338 e. The monoisotopic (exact) mass is 339 g/mol. The van der Waals surface area contributed by atoms with Crippen LogP contribution in [0.1, 0.15) is 18.1 Å². The molecule has 22 heavy (non-hydrogen) atoms. The largest absolute Gasteiger partial charge is 0.338 e. The molecule has 2 nitrogen and oxygen atoms in total. The molecule has 116 valence electrons. The molecule has 0 N–H and O–H groups in total. The molecule has 2 aromatic rings. The molecule has 0 aliphatic carbocycles. The number of rotatable bonds is 5. The molecule has 0 fully saturated rings. The van der Waals surface area contributed by atoms with Crippen molar-refractivity contribution in [2.24, 2.45) is 0 Å². The molecule has 0 aliphatic rings. The van der Waals surface area contributed by atoms with Crippen LogP contribution in [-0.2, 0) is 17.8 Å². The van der Waals surface area contributed by atoms with Gasteiger partial charge < -0.3 is 4.90 Å². The standard InChI is InChI=1S/C17H16Cl2FNO/c1-2-21(11-12-5-3-6-13(20)9-12)17(22)10-14-15(18)7-4-8-16(14)19/h3-9H,2,10-11H2,1H3. The number of nitrogens with zero attached hydrogens (tertiary/aromatic N) is 1. The van der Waals surface area contributed by atoms with Gasteiger partial charge in [0.2, 0.25) is 5.91 Å². The van der Waals surface area contributed by atoms with E-state index in [9.17, 15) is 9.18 Å². The van der Waals surface area contributed by atoms with Crippen LogP contribution in [0.4, 0.5) is 4.39 Å². The predicted molar refractivity (Wildman–Crippen MR) is 87.7 cm³/mol. The lowest BCUT2D eigenvalue weighted by Crippen LogP contribution is -2.31. The van der Waals surface area contributed by atoms with Gasteiger partial charge in [-0.3, -0.25) is 4.79 Å². The van der Waals surface area contributed by atoms with Crippen molar-refractivity contribution in [1.29, 1.82) is 0 Å². The highest BCUT2D eigenvalue weighted by atomic mass is 35.5. The van der Waals surface area contributed by atoms with Crippen LogP contribution >= 0.6 is 23.2 Å². The van der Waals surface area contributed by atoms with Crippen LogP contribution in [0.3, 0.4) is 0 Å². The Morgan fingerprint density at radius 3 is 2.36 bits per heavy atom. The number of likely N-dealkylation sites (N-methyl/N-ethyl adjacent to an activating group) is 1. The van der Waals surface area contributed by atoms with E-state index in [1.807, 2.05) is 6.92 Å². The molecule has 0 spiro atoms. The Balaban J connectivity index is 2.12. The first-order valence-electron chi connectivity index (χ1n) is 6.96. The topological polar surface area (TPSA) is 20.3 Å². The van der Waals surface area contributed by atoms with Crippen molar-refractivity contribution in [3.8, 4) is 0 Å². The minimum atomic E-state index is -0.310. The normalized spacial score (nSPS) is 10.5. The van der Waals surface area contributed by atoms with Gasteiger partial charge in [-0.2, -0.15) is 0 Å². The third-order valence-electron chi connectivity index (χ3n) is 3.39. The van der Waals surface area contributed by atoms with Gasteiger partial charge in [-0.25, -0.2) is 4.39 Å². The summed E-state index contributed by atoms with van der Waals surface area (Å²) in [7, 11) is 0. The summed E-state index contributed by atoms with van der Waals surface area (Å²) in [6.45, 7) is 2.76. The maximum atomic E-state index is 13.2. The van der Waals surface area contributed by atoms with Gasteiger partial charge in [0.1, 0.15) is 5.82 Å². The summed E-state index contributed by atoms with van der Waals surface area (Å²) in [5.74, 6) is -0.406. The average molecular weight is 340 g/mol. The molecule has 5 heteroatoms. The fraction of sp³-hybridized carbons (Fsp3) is 0.235. The van der Waals surface area contributed by atoms with Gasteiger partial charge in [-0.05, 0) is 42.3 Å². The van der Waals surface area contributed by atoms with Crippen molar-refractivity contribution in [1.82, 2.24) is 4.90 Å². The second-order valence-corrected chi connectivity index (χ2v) is 5.73. The van der Waals surface area contributed by atoms with E-state index >= 15 is 0 Å². The van der Waals surface area contributed by atoms with Crippen LogP contribution in [0.25, 0.3) is 0 Å². The molecule has 0 radical (unpaired) electrons. The third-order valence-corrected chi connectivity index (χ3v) is 4.09. The second kappa shape index (κ2) is 7.61. The van der Waals surface area contributed by atoms with Crippen molar-refractivity contribution >= 4 is 29.1 Å². The predicted octanol–water partition coefficient (Wildman–Crippen LogP) is 4.72. The number of amides is 1. The van der Waals surface area contributed by atoms with Crippen molar-refractivity contribution in [2.75, 3.05) is 6.54 Å². The number of hydrogen-bond donors (Lipinski definition) is 0. The first kappa shape index (κ1) is 16.8. The van der Waals surface area contributed by atoms with Crippen LogP contribution in [0.15, 0.2) is 42.5 Å². The lowest BCUT2D eigenvalue weighted by atomic mass is 10.1. The fourth-order valence-electron chi connectivity index (χ4n) is 2.20. The van der Waals surface area contributed by atoms with E-state index in [1.54, 1.807) is 35.2 Å². The van der Waals surface area contributed by atoms with E-state index < -0.39 is 0 Å². The maximum Gasteiger partial charge on any atom is 0.227 e. The summed E-state index contributed by atoms with van der Waals surface area (Å²) in [5.41, 5.74) is 1.37. The van der Waals surface area contributed by atoms with Gasteiger partial charge in [0.15, 0.2) is 0 Å². The van der Waals surface area contributed by atoms with Crippen LogP contribution in [-0.4, -0.2) is 17.4 Å². The van der Waals surface area contributed by atoms with Gasteiger partial charge in [0, 0.05) is 23.1 Å². The van der Waals surface area contributed by atoms with Gasteiger partial charge in [0.05, 0.1) is 6.42 Å². The Morgan fingerprint density at radius 1 is 1.14 bits per heavy atom. The molecule has 2 rings (SSSR count). The molecule has 0 aromatic heterocycles. The minimum absolute atomic E-state index is 0.0956. The van der Waals surface area contributed by atoms with Crippen molar-refractivity contribution < 1.29 is 9.18 Å². The highest BCUT2D eigenvalue weighted by Crippen LogP contribution is 2.25. The first-order chi connectivity index (χ1) is 10.5. The van der Waals surface area contributed by atoms with Gasteiger partial charge in [-0.1, -0.05) is 41.4 Å². The van der Waals surface area contributed by atoms with Crippen LogP contribution in [0.5, 0.6) is 0 Å². The van der Waals surface area contributed by atoms with E-state index in [0.29, 0.717) is 28.7 Å². The number of hydrogen-bond acceptors (Lipinski definition) is 1. The number of carbonyl (C=O) groups excluding carboxylic acids is 1.